The van der Waals surface area contributed by atoms with Gasteiger partial charge >= 0.3 is 11.9 Å². The maximum atomic E-state index is 11.6. The lowest BCUT2D eigenvalue weighted by Crippen LogP contribution is -2.33. The summed E-state index contributed by atoms with van der Waals surface area (Å²) in [6, 6.07) is 0. The number of aliphatic hydroxyl groups is 3. The molecule has 1 rings (SSSR count). The first-order valence-electron chi connectivity index (χ1n) is 9.14. The van der Waals surface area contributed by atoms with E-state index in [9.17, 15) is 19.8 Å². The van der Waals surface area contributed by atoms with Gasteiger partial charge in [-0.15, -0.1) is 0 Å². The van der Waals surface area contributed by atoms with Crippen molar-refractivity contribution in [2.45, 2.75) is 83.3 Å². The third-order valence-electron chi connectivity index (χ3n) is 4.19. The van der Waals surface area contributed by atoms with Gasteiger partial charge in [0.05, 0.1) is 0 Å². The van der Waals surface area contributed by atoms with Gasteiger partial charge in [0.1, 0.15) is 12.7 Å². The lowest BCUT2D eigenvalue weighted by molar-refractivity contribution is -0.154. The minimum Gasteiger partial charge on any atom is -0.505 e. The van der Waals surface area contributed by atoms with E-state index in [1.165, 1.54) is 38.5 Å². The predicted octanol–water partition coefficient (Wildman–Crippen LogP) is 3.06. The number of ether oxygens (including phenoxy) is 2. The van der Waals surface area contributed by atoms with Gasteiger partial charge in [-0.2, -0.15) is 0 Å². The van der Waals surface area contributed by atoms with Crippen molar-refractivity contribution in [3.8, 4) is 0 Å². The van der Waals surface area contributed by atoms with Gasteiger partial charge in [0.25, 0.3) is 0 Å². The van der Waals surface area contributed by atoms with E-state index in [0.717, 1.165) is 19.3 Å². The highest BCUT2D eigenvalue weighted by Crippen LogP contribution is 2.21. The van der Waals surface area contributed by atoms with Crippen LogP contribution in [0.4, 0.5) is 0 Å². The summed E-state index contributed by atoms with van der Waals surface area (Å²) in [5.41, 5.74) is 0. The van der Waals surface area contributed by atoms with Crippen molar-refractivity contribution in [1.82, 2.24) is 0 Å². The van der Waals surface area contributed by atoms with Crippen molar-refractivity contribution < 1.29 is 34.4 Å². The molecular formula is C18H30O7. The van der Waals surface area contributed by atoms with E-state index in [0.29, 0.717) is 0 Å². The summed E-state index contributed by atoms with van der Waals surface area (Å²) in [6.07, 6.45) is 7.77. The largest absolute Gasteiger partial charge is 0.505 e. The second-order valence-corrected chi connectivity index (χ2v) is 6.39. The molecule has 0 spiro atoms. The van der Waals surface area contributed by atoms with Crippen LogP contribution in [-0.4, -0.2) is 46.1 Å². The molecular weight excluding hydrogens is 328 g/mol. The van der Waals surface area contributed by atoms with Gasteiger partial charge in [-0.3, -0.25) is 4.79 Å². The minimum absolute atomic E-state index is 0.264. The van der Waals surface area contributed by atoms with Crippen LogP contribution < -0.4 is 0 Å². The number of hydrogen-bond acceptors (Lipinski definition) is 7. The number of carbonyl (C=O) groups is 2. The van der Waals surface area contributed by atoms with Crippen molar-refractivity contribution in [2.75, 3.05) is 6.61 Å². The van der Waals surface area contributed by atoms with Crippen LogP contribution in [0.1, 0.15) is 71.1 Å². The third kappa shape index (κ3) is 7.77. The Bertz CT molecular complexity index is 458. The lowest BCUT2D eigenvalue weighted by atomic mass is 10.1. The highest BCUT2D eigenvalue weighted by Gasteiger charge is 2.39. The van der Waals surface area contributed by atoms with Crippen molar-refractivity contribution in [3.05, 3.63) is 11.5 Å². The zero-order valence-corrected chi connectivity index (χ0v) is 14.9. The summed E-state index contributed by atoms with van der Waals surface area (Å²) in [4.78, 5) is 22.6. The monoisotopic (exact) mass is 358 g/mol. The smallest absolute Gasteiger partial charge is 0.377 e. The molecule has 0 radical (unpaired) electrons. The van der Waals surface area contributed by atoms with Crippen LogP contribution in [0, 0.1) is 0 Å². The molecule has 144 valence electrons. The van der Waals surface area contributed by atoms with E-state index in [1.54, 1.807) is 0 Å². The molecule has 1 unspecified atom stereocenters. The van der Waals surface area contributed by atoms with Gasteiger partial charge in [-0.05, 0) is 6.42 Å². The Morgan fingerprint density at radius 2 is 1.64 bits per heavy atom. The van der Waals surface area contributed by atoms with E-state index in [-0.39, 0.29) is 6.42 Å². The maximum absolute atomic E-state index is 11.6. The Balaban J connectivity index is 2.05. The first kappa shape index (κ1) is 21.3. The Labute approximate surface area is 148 Å². The predicted molar refractivity (Wildman–Crippen MR) is 91.0 cm³/mol. The number of esters is 2. The van der Waals surface area contributed by atoms with E-state index in [4.69, 9.17) is 9.84 Å². The zero-order chi connectivity index (χ0) is 18.7. The molecule has 1 aliphatic heterocycles. The van der Waals surface area contributed by atoms with Crippen molar-refractivity contribution in [2.24, 2.45) is 0 Å². The number of hydrogen-bond donors (Lipinski definition) is 3. The molecule has 0 aromatic heterocycles. The SMILES string of the molecule is CCCCCCCCCCCC(=O)OCC(O)[C@H]1OC(=O)C(O)=C1O. The number of unbranched alkanes of at least 4 members (excludes halogenated alkanes) is 8. The van der Waals surface area contributed by atoms with Crippen LogP contribution in [0.15, 0.2) is 11.5 Å². The van der Waals surface area contributed by atoms with Crippen molar-refractivity contribution >= 4 is 11.9 Å². The summed E-state index contributed by atoms with van der Waals surface area (Å²) in [7, 11) is 0. The van der Waals surface area contributed by atoms with Gasteiger partial charge in [0.15, 0.2) is 11.9 Å². The van der Waals surface area contributed by atoms with E-state index in [2.05, 4.69) is 11.7 Å². The van der Waals surface area contributed by atoms with Gasteiger partial charge < -0.3 is 24.8 Å². The zero-order valence-electron chi connectivity index (χ0n) is 14.9. The van der Waals surface area contributed by atoms with E-state index in [1.807, 2.05) is 0 Å². The molecule has 0 amide bonds. The molecule has 0 saturated heterocycles. The average molecular weight is 358 g/mol. The van der Waals surface area contributed by atoms with Gasteiger partial charge in [0.2, 0.25) is 5.76 Å². The first-order valence-corrected chi connectivity index (χ1v) is 9.14. The molecule has 1 heterocycles. The third-order valence-corrected chi connectivity index (χ3v) is 4.19. The fourth-order valence-electron chi connectivity index (χ4n) is 2.64. The summed E-state index contributed by atoms with van der Waals surface area (Å²) in [5, 5.41) is 28.4. The summed E-state index contributed by atoms with van der Waals surface area (Å²) in [6.45, 7) is 1.78. The Morgan fingerprint density at radius 1 is 1.08 bits per heavy atom. The molecule has 1 aliphatic rings. The molecule has 0 aromatic carbocycles. The summed E-state index contributed by atoms with van der Waals surface area (Å²) >= 11 is 0. The number of cyclic esters (lactones) is 1. The van der Waals surface area contributed by atoms with E-state index < -0.39 is 42.3 Å². The maximum Gasteiger partial charge on any atom is 0.377 e. The molecule has 7 heteroatoms. The lowest BCUT2D eigenvalue weighted by Gasteiger charge is -2.17. The highest BCUT2D eigenvalue weighted by molar-refractivity contribution is 5.89. The molecule has 0 bridgehead atoms. The molecule has 0 aliphatic carbocycles. The van der Waals surface area contributed by atoms with Gasteiger partial charge in [-0.25, -0.2) is 4.79 Å². The standard InChI is InChI=1S/C18H30O7/c1-2-3-4-5-6-7-8-9-10-11-14(20)24-12-13(19)17-15(21)16(22)18(23)25-17/h13,17,19,21-22H,2-12H2,1H3/t13?,17-/m1/s1. The second-order valence-electron chi connectivity index (χ2n) is 6.39. The average Bonchev–Trinajstić information content (AvgIpc) is 2.85. The number of carbonyl (C=O) groups excluding carboxylic acids is 2. The van der Waals surface area contributed by atoms with Gasteiger partial charge in [0, 0.05) is 6.42 Å². The molecule has 0 saturated carbocycles. The van der Waals surface area contributed by atoms with Crippen LogP contribution in [0.5, 0.6) is 0 Å². The second kappa shape index (κ2) is 11.7. The number of rotatable bonds is 13. The summed E-state index contributed by atoms with van der Waals surface area (Å²) < 4.78 is 9.50. The number of aliphatic hydroxyl groups excluding tert-OH is 3. The Kier molecular flexibility index (Phi) is 9.99. The van der Waals surface area contributed by atoms with Gasteiger partial charge in [-0.1, -0.05) is 58.3 Å². The quantitative estimate of drug-likeness (QED) is 0.342. The molecule has 3 N–H and O–H groups in total. The van der Waals surface area contributed by atoms with Crippen LogP contribution >= 0.6 is 0 Å². The van der Waals surface area contributed by atoms with Crippen LogP contribution in [-0.2, 0) is 19.1 Å². The summed E-state index contributed by atoms with van der Waals surface area (Å²) in [5.74, 6) is -3.22. The first-order chi connectivity index (χ1) is 12.0. The topological polar surface area (TPSA) is 113 Å². The molecule has 7 nitrogen and oxygen atoms in total. The Hall–Kier alpha value is -1.76. The molecule has 2 atom stereocenters. The normalized spacial score (nSPS) is 18.3. The van der Waals surface area contributed by atoms with Crippen LogP contribution in [0.3, 0.4) is 0 Å². The van der Waals surface area contributed by atoms with Crippen LogP contribution in [0.2, 0.25) is 0 Å². The highest BCUT2D eigenvalue weighted by atomic mass is 16.6. The molecule has 0 fully saturated rings. The van der Waals surface area contributed by atoms with Crippen LogP contribution in [0.25, 0.3) is 0 Å². The minimum atomic E-state index is -1.42. The molecule has 25 heavy (non-hydrogen) atoms. The Morgan fingerprint density at radius 3 is 2.16 bits per heavy atom. The van der Waals surface area contributed by atoms with Crippen molar-refractivity contribution in [1.29, 1.82) is 0 Å². The fourth-order valence-corrected chi connectivity index (χ4v) is 2.64. The molecule has 0 aromatic rings. The fraction of sp³-hybridized carbons (Fsp3) is 0.778. The van der Waals surface area contributed by atoms with Crippen molar-refractivity contribution in [3.63, 3.8) is 0 Å². The van der Waals surface area contributed by atoms with E-state index >= 15 is 0 Å².